The summed E-state index contributed by atoms with van der Waals surface area (Å²) in [4.78, 5) is 80.4. The number of hydrogen-bond donors (Lipinski definition) is 9. The molecule has 6 aromatic rings. The standard InChI is InChI=1S/C21H24BrF3N6O3.C21H27BrN6O3.C19H25BrN6O2/c1-12-14(3-2-4-16(12)22)10-27-20-28-11-17(31(33)34)18(30-20)26-9-13-5-7-15(8-6-13)29-19(32)21(23,24)25;1-13-16(4-3-5-18(13)22)11-24-21-25-12-19(28(30)31)20(27-21)23-10-15-6-8-17(9-7-15)26-14(2)29;1-11-13(3-2-4-15(11)20)10-23-19-24-16(17(26(27)28)18(22)25-19)9-12-5-7-14(21)8-6-12/h2-4,11,13,15H,5-10H2,1H3,(H,29,32)(H2,26,27,28,30);3-5,12,15,17H,6-11H2,1-2H3,(H,26,29)(H2,23,24,25,27);2-4,12,14H,5-10,21H2,1H3,(H3,22,23,24,25)/t13-,15-;15-,17-;12-,14-. The molecule has 3 aromatic carbocycles. The van der Waals surface area contributed by atoms with Gasteiger partial charge in [-0.2, -0.15) is 28.1 Å². The molecule has 500 valence electrons. The van der Waals surface area contributed by atoms with Gasteiger partial charge in [-0.15, -0.1) is 0 Å². The van der Waals surface area contributed by atoms with Crippen molar-refractivity contribution in [3.05, 3.63) is 150 Å². The number of halogens is 6. The first kappa shape index (κ1) is 72.5. The summed E-state index contributed by atoms with van der Waals surface area (Å²) in [6, 6.07) is 17.6. The number of nitrogens with one attached hydrogen (secondary N) is 7. The first-order valence-electron chi connectivity index (χ1n) is 30.4. The van der Waals surface area contributed by atoms with Gasteiger partial charge < -0.3 is 48.7 Å². The predicted molar refractivity (Wildman–Crippen MR) is 359 cm³/mol. The van der Waals surface area contributed by atoms with Crippen LogP contribution >= 0.6 is 47.8 Å². The Hall–Kier alpha value is -7.97. The van der Waals surface area contributed by atoms with Crippen molar-refractivity contribution in [2.75, 3.05) is 45.4 Å². The van der Waals surface area contributed by atoms with Crippen LogP contribution in [0.4, 0.5) is 65.5 Å². The Labute approximate surface area is 560 Å². The molecule has 0 atom stereocenters. The van der Waals surface area contributed by atoms with Gasteiger partial charge in [0.2, 0.25) is 41.2 Å². The summed E-state index contributed by atoms with van der Waals surface area (Å²) in [5.41, 5.74) is 18.1. The van der Waals surface area contributed by atoms with Crippen LogP contribution in [-0.2, 0) is 35.6 Å². The number of nitro groups is 3. The van der Waals surface area contributed by atoms with Gasteiger partial charge in [-0.05, 0) is 174 Å². The molecule has 0 bridgehead atoms. The number of amides is 2. The molecule has 0 spiro atoms. The topological polar surface area (TPSA) is 377 Å². The lowest BCUT2D eigenvalue weighted by Gasteiger charge is -2.29. The average molecular weight is 1490 g/mol. The van der Waals surface area contributed by atoms with E-state index < -0.39 is 32.9 Å². The summed E-state index contributed by atoms with van der Waals surface area (Å²) in [7, 11) is 0. The van der Waals surface area contributed by atoms with Crippen LogP contribution in [0.25, 0.3) is 0 Å². The van der Waals surface area contributed by atoms with Gasteiger partial charge in [0.15, 0.2) is 0 Å². The molecule has 0 unspecified atom stereocenters. The molecule has 93 heavy (non-hydrogen) atoms. The Balaban J connectivity index is 0.000000198. The van der Waals surface area contributed by atoms with Crippen molar-refractivity contribution >= 4 is 112 Å². The van der Waals surface area contributed by atoms with Gasteiger partial charge in [-0.3, -0.25) is 39.9 Å². The lowest BCUT2D eigenvalue weighted by Crippen LogP contribution is -2.44. The van der Waals surface area contributed by atoms with Crippen LogP contribution < -0.4 is 48.7 Å². The number of nitrogens with zero attached hydrogens (tertiary/aromatic N) is 9. The third kappa shape index (κ3) is 21.8. The second kappa shape index (κ2) is 34.3. The number of nitrogens with two attached hydrogens (primary N) is 2. The summed E-state index contributed by atoms with van der Waals surface area (Å²) in [5.74, 6) is -0.0880. The van der Waals surface area contributed by atoms with Gasteiger partial charge in [0.05, 0.1) is 14.8 Å². The summed E-state index contributed by atoms with van der Waals surface area (Å²) in [6.45, 7) is 9.93. The molecule has 3 saturated carbocycles. The maximum Gasteiger partial charge on any atom is 0.471 e. The number of carbonyl (C=O) groups is 2. The van der Waals surface area contributed by atoms with Gasteiger partial charge in [0, 0.05) is 71.2 Å². The fraction of sp³-hybridized carbons (Fsp3) is 0.475. The second-order valence-corrected chi connectivity index (χ2v) is 25.9. The van der Waals surface area contributed by atoms with Crippen LogP contribution in [0.3, 0.4) is 0 Å². The molecule has 3 aromatic heterocycles. The minimum absolute atomic E-state index is 0.00345. The number of nitrogen functional groups attached to an aromatic ring is 1. The Bertz CT molecular complexity index is 3590. The lowest BCUT2D eigenvalue weighted by molar-refractivity contribution is -0.385. The molecule has 0 radical (unpaired) electrons. The van der Waals surface area contributed by atoms with Gasteiger partial charge in [-0.1, -0.05) is 84.2 Å². The molecule has 2 amide bonds. The highest BCUT2D eigenvalue weighted by molar-refractivity contribution is 9.11. The minimum atomic E-state index is -4.90. The van der Waals surface area contributed by atoms with Crippen LogP contribution in [0, 0.1) is 68.9 Å². The molecule has 0 aliphatic heterocycles. The third-order valence-corrected chi connectivity index (χ3v) is 19.3. The SMILES string of the molecule is CC(=O)N[C@H]1CC[C@H](CNc2nc(NCc3cccc(Br)c3C)ncc2[N+](=O)[O-])CC1.Cc1c(Br)cccc1CNc1nc(N)c([N+](=O)[O-])c(C[C@H]2CC[C@H](N)CC2)n1.Cc1c(Br)cccc1CNc1ncc([N+](=O)[O-])c(NC[C@H]2CC[C@H](NC(=O)C(F)(F)F)CC2)n1. The van der Waals surface area contributed by atoms with E-state index in [0.29, 0.717) is 94.3 Å². The van der Waals surface area contributed by atoms with E-state index in [4.69, 9.17) is 11.5 Å². The summed E-state index contributed by atoms with van der Waals surface area (Å²) in [5, 5.41) is 54.8. The van der Waals surface area contributed by atoms with Crippen LogP contribution in [0.5, 0.6) is 0 Å². The molecular weight excluding hydrogens is 1410 g/mol. The zero-order chi connectivity index (χ0) is 67.5. The predicted octanol–water partition coefficient (Wildman–Crippen LogP) is 12.6. The zero-order valence-electron chi connectivity index (χ0n) is 51.8. The van der Waals surface area contributed by atoms with E-state index in [1.54, 1.807) is 0 Å². The largest absolute Gasteiger partial charge is 0.471 e. The number of hydrogen-bond acceptors (Lipinski definition) is 21. The fourth-order valence-corrected chi connectivity index (χ4v) is 12.4. The first-order valence-corrected chi connectivity index (χ1v) is 32.8. The molecule has 11 N–H and O–H groups in total. The first-order chi connectivity index (χ1) is 44.2. The maximum absolute atomic E-state index is 12.4. The van der Waals surface area contributed by atoms with Gasteiger partial charge >= 0.3 is 29.1 Å². The van der Waals surface area contributed by atoms with E-state index in [-0.39, 0.29) is 64.4 Å². The molecule has 3 fully saturated rings. The monoisotopic (exact) mass is 1480 g/mol. The highest BCUT2D eigenvalue weighted by Gasteiger charge is 2.40. The van der Waals surface area contributed by atoms with Crippen LogP contribution in [-0.4, -0.2) is 93.9 Å². The number of aromatic nitrogens is 6. The highest BCUT2D eigenvalue weighted by Crippen LogP contribution is 2.34. The van der Waals surface area contributed by atoms with Gasteiger partial charge in [0.25, 0.3) is 0 Å². The van der Waals surface area contributed by atoms with E-state index in [1.165, 1.54) is 13.1 Å². The molecule has 3 aliphatic carbocycles. The maximum atomic E-state index is 12.4. The summed E-state index contributed by atoms with van der Waals surface area (Å²) < 4.78 is 40.3. The van der Waals surface area contributed by atoms with Crippen molar-refractivity contribution in [2.24, 2.45) is 23.5 Å². The van der Waals surface area contributed by atoms with Gasteiger partial charge in [-0.25, -0.2) is 15.0 Å². The molecular formula is C61H76Br3F3N18O8. The van der Waals surface area contributed by atoms with E-state index in [9.17, 15) is 53.1 Å². The van der Waals surface area contributed by atoms with E-state index in [0.717, 1.165) is 104 Å². The third-order valence-electron chi connectivity index (χ3n) is 16.7. The summed E-state index contributed by atoms with van der Waals surface area (Å²) in [6.07, 6.45) is 7.42. The quantitative estimate of drug-likeness (QED) is 0.0225. The molecule has 26 nitrogen and oxygen atoms in total. The van der Waals surface area contributed by atoms with Crippen LogP contribution in [0.2, 0.25) is 0 Å². The smallest absolute Gasteiger partial charge is 0.378 e. The van der Waals surface area contributed by atoms with E-state index >= 15 is 0 Å². The van der Waals surface area contributed by atoms with Crippen molar-refractivity contribution in [1.29, 1.82) is 0 Å². The Morgan fingerprint density at radius 3 is 1.34 bits per heavy atom. The number of anilines is 6. The van der Waals surface area contributed by atoms with Crippen molar-refractivity contribution in [3.63, 3.8) is 0 Å². The normalized spacial score (nSPS) is 18.6. The van der Waals surface area contributed by atoms with Crippen molar-refractivity contribution in [2.45, 2.75) is 155 Å². The number of benzene rings is 3. The highest BCUT2D eigenvalue weighted by atomic mass is 79.9. The van der Waals surface area contributed by atoms with Crippen LogP contribution in [0.15, 0.2) is 80.4 Å². The van der Waals surface area contributed by atoms with Crippen molar-refractivity contribution in [1.82, 2.24) is 40.5 Å². The molecule has 32 heteroatoms. The minimum Gasteiger partial charge on any atom is -0.378 e. The van der Waals surface area contributed by atoms with E-state index in [2.05, 4.69) is 110 Å². The zero-order valence-corrected chi connectivity index (χ0v) is 56.5. The molecule has 3 aliphatic rings. The van der Waals surface area contributed by atoms with Crippen molar-refractivity contribution < 1.29 is 37.5 Å². The Kier molecular flexibility index (Phi) is 26.7. The fourth-order valence-electron chi connectivity index (χ4n) is 11.2. The summed E-state index contributed by atoms with van der Waals surface area (Å²) >= 11 is 10.5. The number of rotatable bonds is 22. The average Bonchev–Trinajstić information content (AvgIpc) is 0.861. The van der Waals surface area contributed by atoms with Gasteiger partial charge in [0.1, 0.15) is 18.1 Å². The number of carbonyl (C=O) groups excluding carboxylic acids is 2. The molecule has 9 rings (SSSR count). The van der Waals surface area contributed by atoms with Crippen molar-refractivity contribution in [3.8, 4) is 0 Å². The second-order valence-electron chi connectivity index (χ2n) is 23.3. The Morgan fingerprint density at radius 2 is 0.957 bits per heavy atom. The van der Waals surface area contributed by atoms with Crippen LogP contribution in [0.1, 0.15) is 123 Å². The Morgan fingerprint density at radius 1 is 0.559 bits per heavy atom. The molecule has 0 saturated heterocycles. The lowest BCUT2D eigenvalue weighted by atomic mass is 9.83. The molecule has 3 heterocycles. The number of alkyl halides is 3. The van der Waals surface area contributed by atoms with E-state index in [1.807, 2.05) is 80.7 Å².